The molecule has 32 heavy (non-hydrogen) atoms. The van der Waals surface area contributed by atoms with Crippen molar-refractivity contribution in [3.8, 4) is 6.07 Å². The van der Waals surface area contributed by atoms with Crippen LogP contribution in [-0.2, 0) is 14.3 Å². The first-order valence-electron chi connectivity index (χ1n) is 9.97. The summed E-state index contributed by atoms with van der Waals surface area (Å²) in [5, 5.41) is 18.3. The maximum Gasteiger partial charge on any atom is 0.261 e. The molecule has 0 spiro atoms. The molecule has 2 fully saturated rings. The van der Waals surface area contributed by atoms with Gasteiger partial charge in [0.1, 0.15) is 12.7 Å². The predicted octanol–water partition coefficient (Wildman–Crippen LogP) is 1.74. The van der Waals surface area contributed by atoms with Crippen LogP contribution >= 0.6 is 22.9 Å². The van der Waals surface area contributed by atoms with E-state index in [9.17, 15) is 19.6 Å². The smallest absolute Gasteiger partial charge is 0.261 e. The number of hydrogen-bond acceptors (Lipinski definition) is 7. The van der Waals surface area contributed by atoms with Gasteiger partial charge in [0.2, 0.25) is 5.91 Å². The Hall–Kier alpha value is -2.97. The molecule has 2 saturated heterocycles. The van der Waals surface area contributed by atoms with Gasteiger partial charge in [0.05, 0.1) is 33.1 Å². The second kappa shape index (κ2) is 9.67. The molecule has 3 N–H and O–H groups in total. The van der Waals surface area contributed by atoms with Crippen molar-refractivity contribution < 1.29 is 19.1 Å². The second-order valence-electron chi connectivity index (χ2n) is 7.40. The maximum absolute atomic E-state index is 12.7. The lowest BCUT2D eigenvalue weighted by Gasteiger charge is -2.27. The van der Waals surface area contributed by atoms with E-state index in [2.05, 4.69) is 22.0 Å². The molecule has 1 aromatic carbocycles. The summed E-state index contributed by atoms with van der Waals surface area (Å²) in [5.74, 6) is -0.702. The molecule has 166 valence electrons. The number of amides is 3. The van der Waals surface area contributed by atoms with Crippen molar-refractivity contribution in [3.63, 3.8) is 0 Å². The van der Waals surface area contributed by atoms with Gasteiger partial charge in [-0.1, -0.05) is 11.6 Å². The van der Waals surface area contributed by atoms with E-state index in [-0.39, 0.29) is 35.9 Å². The van der Waals surface area contributed by atoms with Crippen LogP contribution in [0.15, 0.2) is 30.3 Å². The summed E-state index contributed by atoms with van der Waals surface area (Å²) < 4.78 is 5.67. The number of thiophene rings is 1. The van der Waals surface area contributed by atoms with E-state index in [0.29, 0.717) is 46.7 Å². The quantitative estimate of drug-likeness (QED) is 0.607. The summed E-state index contributed by atoms with van der Waals surface area (Å²) in [6.07, 6.45) is 0.416. The molecule has 4 rings (SSSR count). The van der Waals surface area contributed by atoms with Crippen LogP contribution in [0.5, 0.6) is 0 Å². The lowest BCUT2D eigenvalue weighted by atomic mass is 10.1. The van der Waals surface area contributed by atoms with E-state index in [1.54, 1.807) is 35.2 Å². The molecular formula is C21H20ClN5O4S. The normalized spacial score (nSPS) is 20.6. The van der Waals surface area contributed by atoms with Gasteiger partial charge in [-0.05, 0) is 36.8 Å². The van der Waals surface area contributed by atoms with Crippen LogP contribution in [0.3, 0.4) is 0 Å². The Balaban J connectivity index is 1.37. The molecular weight excluding hydrogens is 454 g/mol. The van der Waals surface area contributed by atoms with E-state index in [1.807, 2.05) is 0 Å². The van der Waals surface area contributed by atoms with Crippen molar-refractivity contribution in [2.75, 3.05) is 36.5 Å². The molecule has 11 heteroatoms. The lowest BCUT2D eigenvalue weighted by molar-refractivity contribution is -0.125. The van der Waals surface area contributed by atoms with Gasteiger partial charge in [0.15, 0.2) is 0 Å². The van der Waals surface area contributed by atoms with Crippen LogP contribution in [0.4, 0.5) is 11.4 Å². The number of ether oxygens (including phenoxy) is 1. The van der Waals surface area contributed by atoms with Gasteiger partial charge in [-0.25, -0.2) is 0 Å². The summed E-state index contributed by atoms with van der Waals surface area (Å²) >= 11 is 7.07. The van der Waals surface area contributed by atoms with Crippen molar-refractivity contribution >= 4 is 52.0 Å². The van der Waals surface area contributed by atoms with Crippen molar-refractivity contribution in [3.05, 3.63) is 45.1 Å². The Morgan fingerprint density at radius 3 is 2.88 bits per heavy atom. The highest BCUT2D eigenvalue weighted by molar-refractivity contribution is 7.18. The molecule has 0 aliphatic carbocycles. The van der Waals surface area contributed by atoms with E-state index in [4.69, 9.17) is 16.3 Å². The molecule has 0 radical (unpaired) electrons. The number of carbonyl (C=O) groups is 3. The van der Waals surface area contributed by atoms with Gasteiger partial charge in [0, 0.05) is 24.8 Å². The van der Waals surface area contributed by atoms with Crippen LogP contribution in [-0.4, -0.2) is 56.1 Å². The van der Waals surface area contributed by atoms with Gasteiger partial charge < -0.3 is 25.6 Å². The summed E-state index contributed by atoms with van der Waals surface area (Å²) in [4.78, 5) is 39.1. The number of halogens is 1. The summed E-state index contributed by atoms with van der Waals surface area (Å²) in [5.41, 5.74) is 1.21. The number of nitrogens with one attached hydrogen (secondary N) is 3. The highest BCUT2D eigenvalue weighted by Gasteiger charge is 2.31. The molecule has 3 heterocycles. The van der Waals surface area contributed by atoms with Gasteiger partial charge in [-0.3, -0.25) is 14.4 Å². The van der Waals surface area contributed by atoms with E-state index in [1.165, 1.54) is 11.3 Å². The highest BCUT2D eigenvalue weighted by atomic mass is 35.5. The number of anilines is 2. The number of carbonyl (C=O) groups excluding carboxylic acids is 3. The molecule has 2 unspecified atom stereocenters. The summed E-state index contributed by atoms with van der Waals surface area (Å²) in [7, 11) is 0. The molecule has 9 nitrogen and oxygen atoms in total. The van der Waals surface area contributed by atoms with Crippen molar-refractivity contribution in [1.82, 2.24) is 10.6 Å². The Kier molecular flexibility index (Phi) is 6.72. The zero-order valence-corrected chi connectivity index (χ0v) is 18.5. The van der Waals surface area contributed by atoms with E-state index in [0.717, 1.165) is 0 Å². The first-order chi connectivity index (χ1) is 15.4. The zero-order chi connectivity index (χ0) is 22.7. The highest BCUT2D eigenvalue weighted by Crippen LogP contribution is 2.25. The van der Waals surface area contributed by atoms with Gasteiger partial charge in [0.25, 0.3) is 11.8 Å². The second-order valence-corrected chi connectivity index (χ2v) is 9.11. The van der Waals surface area contributed by atoms with Crippen LogP contribution in [0, 0.1) is 11.3 Å². The number of nitrogens with zero attached hydrogens (tertiary/aromatic N) is 2. The van der Waals surface area contributed by atoms with Crippen LogP contribution in [0.2, 0.25) is 4.34 Å². The average molecular weight is 474 g/mol. The molecule has 2 aliphatic heterocycles. The van der Waals surface area contributed by atoms with Crippen LogP contribution < -0.4 is 20.9 Å². The van der Waals surface area contributed by atoms with Crippen molar-refractivity contribution in [1.29, 1.82) is 5.26 Å². The monoisotopic (exact) mass is 473 g/mol. The van der Waals surface area contributed by atoms with E-state index < -0.39 is 6.04 Å². The first-order valence-corrected chi connectivity index (χ1v) is 11.2. The molecule has 2 aliphatic rings. The Morgan fingerprint density at radius 2 is 2.16 bits per heavy atom. The van der Waals surface area contributed by atoms with Crippen molar-refractivity contribution in [2.45, 2.75) is 18.5 Å². The fourth-order valence-corrected chi connectivity index (χ4v) is 4.60. The third kappa shape index (κ3) is 4.92. The third-order valence-corrected chi connectivity index (χ3v) is 6.49. The number of hydrogen-bond donors (Lipinski definition) is 3. The zero-order valence-electron chi connectivity index (χ0n) is 16.9. The molecule has 1 aromatic heterocycles. The Labute approximate surface area is 193 Å². The standard InChI is InChI=1S/C21H20ClN5O4S/c22-18-4-3-17(32-18)21(30)25-13-8-16(24-10-13)20(29)26-15-2-1-14(7-12(15)9-23)27-5-6-31-11-19(27)28/h1-4,7,13,16,24H,5-6,8,10-11H2,(H,25,30)(H,26,29). The SMILES string of the molecule is N#Cc1cc(N2CCOCC2=O)ccc1NC(=O)C1CC(NC(=O)c2ccc(Cl)s2)CN1. The lowest BCUT2D eigenvalue weighted by Crippen LogP contribution is -2.41. The largest absolute Gasteiger partial charge is 0.370 e. The minimum absolute atomic E-state index is 0.00491. The minimum atomic E-state index is -0.515. The molecule has 0 saturated carbocycles. The topological polar surface area (TPSA) is 124 Å². The molecule has 2 aromatic rings. The molecule has 0 bridgehead atoms. The maximum atomic E-state index is 12.7. The first kappa shape index (κ1) is 22.2. The van der Waals surface area contributed by atoms with Gasteiger partial charge >= 0.3 is 0 Å². The van der Waals surface area contributed by atoms with Crippen molar-refractivity contribution in [2.24, 2.45) is 0 Å². The van der Waals surface area contributed by atoms with Gasteiger partial charge in [-0.2, -0.15) is 5.26 Å². The predicted molar refractivity (Wildman–Crippen MR) is 120 cm³/mol. The number of benzene rings is 1. The fourth-order valence-electron chi connectivity index (χ4n) is 3.65. The average Bonchev–Trinajstić information content (AvgIpc) is 3.43. The fraction of sp³-hybridized carbons (Fsp3) is 0.333. The third-order valence-electron chi connectivity index (χ3n) is 5.26. The van der Waals surface area contributed by atoms with Crippen LogP contribution in [0.25, 0.3) is 0 Å². The summed E-state index contributed by atoms with van der Waals surface area (Å²) in [6.45, 7) is 1.29. The Morgan fingerprint density at radius 1 is 1.31 bits per heavy atom. The number of nitriles is 1. The Bertz CT molecular complexity index is 1100. The number of rotatable bonds is 5. The minimum Gasteiger partial charge on any atom is -0.370 e. The van der Waals surface area contributed by atoms with E-state index >= 15 is 0 Å². The molecule has 3 amide bonds. The summed E-state index contributed by atoms with van der Waals surface area (Å²) in [6, 6.07) is 9.56. The number of morpholine rings is 1. The van der Waals surface area contributed by atoms with Gasteiger partial charge in [-0.15, -0.1) is 11.3 Å². The molecule has 2 atom stereocenters. The van der Waals surface area contributed by atoms with Crippen LogP contribution in [0.1, 0.15) is 21.7 Å².